The maximum Gasteiger partial charge on any atom is 0.416 e. The van der Waals surface area contributed by atoms with Gasteiger partial charge in [0.15, 0.2) is 6.61 Å². The van der Waals surface area contributed by atoms with Gasteiger partial charge in [0, 0.05) is 12.2 Å². The van der Waals surface area contributed by atoms with E-state index in [0.717, 1.165) is 41.3 Å². The molecule has 0 unspecified atom stereocenters. The highest BCUT2D eigenvalue weighted by Crippen LogP contribution is 2.29. The molecule has 0 N–H and O–H groups in total. The fourth-order valence-electron chi connectivity index (χ4n) is 2.26. The summed E-state index contributed by atoms with van der Waals surface area (Å²) in [5, 5.41) is 8.72. The molecule has 9 heteroatoms. The summed E-state index contributed by atoms with van der Waals surface area (Å²) in [6.45, 7) is -0.693. The number of nitrogens with zero attached hydrogens (tertiary/aromatic N) is 2. The van der Waals surface area contributed by atoms with Crippen LogP contribution in [0.3, 0.4) is 0 Å². The van der Waals surface area contributed by atoms with Gasteiger partial charge in [-0.1, -0.05) is 0 Å². The van der Waals surface area contributed by atoms with Crippen LogP contribution in [0.4, 0.5) is 23.2 Å². The summed E-state index contributed by atoms with van der Waals surface area (Å²) in [6.07, 6.45) is -4.54. The third kappa shape index (κ3) is 5.54. The number of rotatable bonds is 6. The van der Waals surface area contributed by atoms with E-state index in [2.05, 4.69) is 0 Å². The number of amides is 1. The van der Waals surface area contributed by atoms with Crippen LogP contribution < -0.4 is 4.90 Å². The number of benzene rings is 2. The summed E-state index contributed by atoms with van der Waals surface area (Å²) >= 11 is 0. The number of carbonyl (C=O) groups is 2. The second kappa shape index (κ2) is 8.99. The molecule has 2 rings (SSSR count). The molecule has 5 nitrogen and oxygen atoms in total. The van der Waals surface area contributed by atoms with Crippen LogP contribution in [0.25, 0.3) is 0 Å². The van der Waals surface area contributed by atoms with Crippen LogP contribution in [0.5, 0.6) is 0 Å². The normalized spacial score (nSPS) is 10.8. The molecule has 0 saturated carbocycles. The predicted octanol–water partition coefficient (Wildman–Crippen LogP) is 3.95. The first kappa shape index (κ1) is 20.9. The third-order valence-corrected chi connectivity index (χ3v) is 3.66. The summed E-state index contributed by atoms with van der Waals surface area (Å²) in [4.78, 5) is 25.5. The van der Waals surface area contributed by atoms with Crippen LogP contribution >= 0.6 is 0 Å². The van der Waals surface area contributed by atoms with Gasteiger partial charge in [0.05, 0.1) is 23.6 Å². The van der Waals surface area contributed by atoms with Gasteiger partial charge >= 0.3 is 12.1 Å². The van der Waals surface area contributed by atoms with Gasteiger partial charge in [-0.25, -0.2) is 9.18 Å². The minimum Gasteiger partial charge on any atom is -0.452 e. The Kier molecular flexibility index (Phi) is 6.71. The van der Waals surface area contributed by atoms with Gasteiger partial charge in [0.25, 0.3) is 5.91 Å². The maximum atomic E-state index is 13.1. The van der Waals surface area contributed by atoms with Crippen LogP contribution in [-0.4, -0.2) is 25.0 Å². The van der Waals surface area contributed by atoms with E-state index in [9.17, 15) is 27.2 Å². The van der Waals surface area contributed by atoms with Gasteiger partial charge < -0.3 is 9.64 Å². The number of carbonyl (C=O) groups excluding carboxylic acids is 2. The van der Waals surface area contributed by atoms with Gasteiger partial charge in [-0.15, -0.1) is 0 Å². The van der Waals surface area contributed by atoms with Crippen LogP contribution in [0.15, 0.2) is 48.5 Å². The van der Waals surface area contributed by atoms with Gasteiger partial charge in [-0.05, 0) is 48.5 Å². The monoisotopic (exact) mass is 394 g/mol. The smallest absolute Gasteiger partial charge is 0.416 e. The molecule has 0 aromatic heterocycles. The van der Waals surface area contributed by atoms with Gasteiger partial charge in [0.1, 0.15) is 5.82 Å². The maximum absolute atomic E-state index is 13.1. The first-order valence-electron chi connectivity index (χ1n) is 7.99. The SMILES string of the molecule is N#CCCN(C(=O)COC(=O)c1ccc(C(F)(F)F)cc1)c1ccc(F)cc1. The standard InChI is InChI=1S/C19H14F4N2O3/c20-15-6-8-16(9-7-15)25(11-1-10-24)17(26)12-28-18(27)13-2-4-14(5-3-13)19(21,22)23/h2-9H,1,11-12H2. The molecule has 0 radical (unpaired) electrons. The minimum absolute atomic E-state index is 0.00119. The lowest BCUT2D eigenvalue weighted by molar-refractivity contribution is -0.137. The molecule has 0 saturated heterocycles. The number of ether oxygens (including phenoxy) is 1. The van der Waals surface area contributed by atoms with E-state index in [1.54, 1.807) is 0 Å². The minimum atomic E-state index is -4.53. The van der Waals surface area contributed by atoms with Crippen LogP contribution in [0.1, 0.15) is 22.3 Å². The average molecular weight is 394 g/mol. The molecule has 0 heterocycles. The number of hydrogen-bond donors (Lipinski definition) is 0. The van der Waals surface area contributed by atoms with Crippen LogP contribution in [-0.2, 0) is 15.7 Å². The molecule has 146 valence electrons. The molecule has 0 atom stereocenters. The number of alkyl halides is 3. The molecule has 1 amide bonds. The Morgan fingerprint density at radius 3 is 2.18 bits per heavy atom. The van der Waals surface area contributed by atoms with E-state index < -0.39 is 36.0 Å². The molecule has 0 spiro atoms. The van der Waals surface area contributed by atoms with E-state index in [-0.39, 0.29) is 18.5 Å². The Balaban J connectivity index is 2.04. The Morgan fingerprint density at radius 1 is 1.04 bits per heavy atom. The summed E-state index contributed by atoms with van der Waals surface area (Å²) in [5.41, 5.74) is -0.752. The van der Waals surface area contributed by atoms with Crippen molar-refractivity contribution < 1.29 is 31.9 Å². The third-order valence-electron chi connectivity index (χ3n) is 3.66. The second-order valence-corrected chi connectivity index (χ2v) is 5.58. The molecular formula is C19H14F4N2O3. The lowest BCUT2D eigenvalue weighted by atomic mass is 10.1. The summed E-state index contributed by atoms with van der Waals surface area (Å²) in [5.74, 6) is -2.14. The van der Waals surface area contributed by atoms with Crippen LogP contribution in [0, 0.1) is 17.1 Å². The Morgan fingerprint density at radius 2 is 1.64 bits per heavy atom. The van der Waals surface area contributed by atoms with Crippen molar-refractivity contribution in [1.29, 1.82) is 5.26 Å². The van der Waals surface area contributed by atoms with Crippen molar-refractivity contribution in [1.82, 2.24) is 0 Å². The van der Waals surface area contributed by atoms with E-state index in [0.29, 0.717) is 5.69 Å². The molecule has 28 heavy (non-hydrogen) atoms. The van der Waals surface area contributed by atoms with Crippen molar-refractivity contribution >= 4 is 17.6 Å². The number of nitriles is 1. The van der Waals surface area contributed by atoms with Crippen molar-refractivity contribution in [3.8, 4) is 6.07 Å². The zero-order valence-corrected chi connectivity index (χ0v) is 14.4. The molecule has 0 bridgehead atoms. The molecule has 0 fully saturated rings. The second-order valence-electron chi connectivity index (χ2n) is 5.58. The first-order valence-corrected chi connectivity index (χ1v) is 7.99. The zero-order valence-electron chi connectivity index (χ0n) is 14.4. The molecule has 2 aromatic rings. The predicted molar refractivity (Wildman–Crippen MR) is 90.7 cm³/mol. The highest BCUT2D eigenvalue weighted by Gasteiger charge is 2.30. The first-order chi connectivity index (χ1) is 13.2. The zero-order chi connectivity index (χ0) is 20.7. The fourth-order valence-corrected chi connectivity index (χ4v) is 2.26. The average Bonchev–Trinajstić information content (AvgIpc) is 2.67. The van der Waals surface area contributed by atoms with Gasteiger partial charge in [0.2, 0.25) is 0 Å². The molecular weight excluding hydrogens is 380 g/mol. The van der Waals surface area contributed by atoms with Gasteiger partial charge in [-0.3, -0.25) is 4.79 Å². The van der Waals surface area contributed by atoms with Crippen molar-refractivity contribution in [3.05, 3.63) is 65.5 Å². The number of esters is 1. The van der Waals surface area contributed by atoms with Crippen molar-refractivity contribution in [2.75, 3.05) is 18.1 Å². The highest BCUT2D eigenvalue weighted by molar-refractivity contribution is 5.97. The molecule has 0 aliphatic carbocycles. The fraction of sp³-hybridized carbons (Fsp3) is 0.211. The van der Waals surface area contributed by atoms with Crippen molar-refractivity contribution in [2.45, 2.75) is 12.6 Å². The van der Waals surface area contributed by atoms with Crippen molar-refractivity contribution in [2.24, 2.45) is 0 Å². The largest absolute Gasteiger partial charge is 0.452 e. The summed E-state index contributed by atoms with van der Waals surface area (Å²) < 4.78 is 55.5. The van der Waals surface area contributed by atoms with E-state index in [1.165, 1.54) is 12.1 Å². The number of hydrogen-bond acceptors (Lipinski definition) is 4. The topological polar surface area (TPSA) is 70.4 Å². The summed E-state index contributed by atoms with van der Waals surface area (Å²) in [7, 11) is 0. The summed E-state index contributed by atoms with van der Waals surface area (Å²) in [6, 6.07) is 10.2. The van der Waals surface area contributed by atoms with Crippen LogP contribution in [0.2, 0.25) is 0 Å². The Labute approximate surface area is 157 Å². The van der Waals surface area contributed by atoms with E-state index in [1.807, 2.05) is 6.07 Å². The lowest BCUT2D eigenvalue weighted by Crippen LogP contribution is -2.35. The van der Waals surface area contributed by atoms with Gasteiger partial charge in [-0.2, -0.15) is 18.4 Å². The van der Waals surface area contributed by atoms with E-state index in [4.69, 9.17) is 10.00 Å². The molecule has 0 aliphatic rings. The Bertz CT molecular complexity index is 872. The number of anilines is 1. The quantitative estimate of drug-likeness (QED) is 0.550. The van der Waals surface area contributed by atoms with Crippen molar-refractivity contribution in [3.63, 3.8) is 0 Å². The highest BCUT2D eigenvalue weighted by atomic mass is 19.4. The number of halogens is 4. The molecule has 0 aliphatic heterocycles. The lowest BCUT2D eigenvalue weighted by Gasteiger charge is -2.21. The van der Waals surface area contributed by atoms with E-state index >= 15 is 0 Å². The molecule has 2 aromatic carbocycles. The Hall–Kier alpha value is -3.41.